The maximum atomic E-state index is 13.0. The Balaban J connectivity index is 1.50. The van der Waals surface area contributed by atoms with Gasteiger partial charge in [0.15, 0.2) is 0 Å². The number of rotatable bonds is 6. The molecule has 0 bridgehead atoms. The minimum Gasteiger partial charge on any atom is -0.381 e. The Labute approximate surface area is 144 Å². The van der Waals surface area contributed by atoms with Crippen molar-refractivity contribution in [2.75, 3.05) is 40.4 Å². The molecule has 1 aliphatic heterocycles. The van der Waals surface area contributed by atoms with E-state index in [-0.39, 0.29) is 5.82 Å². The van der Waals surface area contributed by atoms with Gasteiger partial charge in [-0.25, -0.2) is 4.39 Å². The Morgan fingerprint density at radius 1 is 1.29 bits per heavy atom. The molecule has 0 unspecified atom stereocenters. The molecule has 1 saturated carbocycles. The summed E-state index contributed by atoms with van der Waals surface area (Å²) >= 11 is 0. The Hall–Kier alpha value is -1.01. The van der Waals surface area contributed by atoms with Crippen LogP contribution in [0, 0.1) is 5.82 Å². The van der Waals surface area contributed by atoms with Crippen LogP contribution in [0.2, 0.25) is 0 Å². The van der Waals surface area contributed by atoms with Crippen LogP contribution in [0.5, 0.6) is 0 Å². The van der Waals surface area contributed by atoms with Gasteiger partial charge in [-0.05, 0) is 44.0 Å². The van der Waals surface area contributed by atoms with Gasteiger partial charge in [-0.3, -0.25) is 4.90 Å². The molecule has 0 amide bonds. The summed E-state index contributed by atoms with van der Waals surface area (Å²) in [5, 5.41) is 0. The van der Waals surface area contributed by atoms with Crippen molar-refractivity contribution < 1.29 is 13.9 Å². The van der Waals surface area contributed by atoms with E-state index in [0.717, 1.165) is 57.6 Å². The summed E-state index contributed by atoms with van der Waals surface area (Å²) < 4.78 is 24.5. The summed E-state index contributed by atoms with van der Waals surface area (Å²) in [4.78, 5) is 4.87. The zero-order valence-corrected chi connectivity index (χ0v) is 14.8. The Morgan fingerprint density at radius 2 is 2.08 bits per heavy atom. The summed E-state index contributed by atoms with van der Waals surface area (Å²) in [7, 11) is 3.94. The van der Waals surface area contributed by atoms with Crippen molar-refractivity contribution >= 4 is 0 Å². The highest BCUT2D eigenvalue weighted by Crippen LogP contribution is 2.29. The molecule has 3 rings (SSSR count). The fourth-order valence-corrected chi connectivity index (χ4v) is 3.92. The third-order valence-electron chi connectivity index (χ3n) is 5.35. The second kappa shape index (κ2) is 8.39. The predicted molar refractivity (Wildman–Crippen MR) is 92.5 cm³/mol. The van der Waals surface area contributed by atoms with E-state index >= 15 is 0 Å². The molecule has 0 radical (unpaired) electrons. The van der Waals surface area contributed by atoms with Gasteiger partial charge in [0.25, 0.3) is 0 Å². The van der Waals surface area contributed by atoms with Gasteiger partial charge >= 0.3 is 0 Å². The molecule has 4 nitrogen and oxygen atoms in total. The van der Waals surface area contributed by atoms with Crippen molar-refractivity contribution in [2.24, 2.45) is 0 Å². The highest BCUT2D eigenvalue weighted by molar-refractivity contribution is 5.15. The van der Waals surface area contributed by atoms with Crippen LogP contribution in [0.15, 0.2) is 24.3 Å². The van der Waals surface area contributed by atoms with E-state index in [0.29, 0.717) is 18.2 Å². The standard InChI is InChI=1S/C19H29FN2O2/c1-21(14-15-3-5-16(20)6-4-15)9-10-22-11-12-24-19-8-7-17(23-2)13-18(19)22/h3-6,17-19H,7-14H2,1-2H3/t17-,18+,19-/m1/s1. The number of benzene rings is 1. The zero-order chi connectivity index (χ0) is 16.9. The molecule has 0 N–H and O–H groups in total. The molecule has 24 heavy (non-hydrogen) atoms. The van der Waals surface area contributed by atoms with Gasteiger partial charge in [0.1, 0.15) is 5.82 Å². The van der Waals surface area contributed by atoms with E-state index in [9.17, 15) is 4.39 Å². The van der Waals surface area contributed by atoms with Crippen LogP contribution in [0.1, 0.15) is 24.8 Å². The molecule has 134 valence electrons. The molecule has 1 heterocycles. The molecular weight excluding hydrogens is 307 g/mol. The number of hydrogen-bond donors (Lipinski definition) is 0. The number of halogens is 1. The lowest BCUT2D eigenvalue weighted by molar-refractivity contribution is -0.114. The monoisotopic (exact) mass is 336 g/mol. The average Bonchev–Trinajstić information content (AvgIpc) is 2.61. The third kappa shape index (κ3) is 4.54. The fourth-order valence-electron chi connectivity index (χ4n) is 3.92. The molecule has 1 aromatic rings. The topological polar surface area (TPSA) is 24.9 Å². The van der Waals surface area contributed by atoms with Gasteiger partial charge in [-0.15, -0.1) is 0 Å². The van der Waals surface area contributed by atoms with Crippen LogP contribution in [0.3, 0.4) is 0 Å². The van der Waals surface area contributed by atoms with E-state index in [2.05, 4.69) is 16.8 Å². The quantitative estimate of drug-likeness (QED) is 0.797. The van der Waals surface area contributed by atoms with E-state index < -0.39 is 0 Å². The third-order valence-corrected chi connectivity index (χ3v) is 5.35. The van der Waals surface area contributed by atoms with Gasteiger partial charge in [-0.1, -0.05) is 12.1 Å². The minimum absolute atomic E-state index is 0.175. The molecule has 1 saturated heterocycles. The number of likely N-dealkylation sites (N-methyl/N-ethyl adjacent to an activating group) is 1. The fraction of sp³-hybridized carbons (Fsp3) is 0.684. The SMILES string of the molecule is CO[C@@H]1CC[C@H]2OCCN(CCN(C)Cc3ccc(F)cc3)[C@H]2C1. The summed E-state index contributed by atoms with van der Waals surface area (Å²) in [5.41, 5.74) is 1.15. The summed E-state index contributed by atoms with van der Waals surface area (Å²) in [5.74, 6) is -0.175. The first kappa shape index (κ1) is 17.8. The van der Waals surface area contributed by atoms with E-state index in [1.165, 1.54) is 12.1 Å². The number of ether oxygens (including phenoxy) is 2. The van der Waals surface area contributed by atoms with Gasteiger partial charge in [-0.2, -0.15) is 0 Å². The minimum atomic E-state index is -0.175. The smallest absolute Gasteiger partial charge is 0.123 e. The van der Waals surface area contributed by atoms with Crippen LogP contribution in [0.25, 0.3) is 0 Å². The zero-order valence-electron chi connectivity index (χ0n) is 14.8. The van der Waals surface area contributed by atoms with Crippen LogP contribution in [-0.4, -0.2) is 68.4 Å². The molecule has 2 aliphatic rings. The van der Waals surface area contributed by atoms with E-state index in [1.54, 1.807) is 0 Å². The number of nitrogens with zero attached hydrogens (tertiary/aromatic N) is 2. The van der Waals surface area contributed by atoms with Gasteiger partial charge in [0.05, 0.1) is 18.8 Å². The molecule has 0 aromatic heterocycles. The lowest BCUT2D eigenvalue weighted by atomic mass is 9.88. The average molecular weight is 336 g/mol. The molecule has 1 aliphatic carbocycles. The van der Waals surface area contributed by atoms with Crippen molar-refractivity contribution in [1.82, 2.24) is 9.80 Å². The molecular formula is C19H29FN2O2. The second-order valence-electron chi connectivity index (χ2n) is 7.05. The highest BCUT2D eigenvalue weighted by Gasteiger charge is 2.37. The molecule has 1 aromatic carbocycles. The van der Waals surface area contributed by atoms with E-state index in [1.807, 2.05) is 19.2 Å². The van der Waals surface area contributed by atoms with Crippen LogP contribution in [0.4, 0.5) is 4.39 Å². The Kier molecular flexibility index (Phi) is 6.22. The first-order chi connectivity index (χ1) is 11.7. The first-order valence-corrected chi connectivity index (χ1v) is 8.97. The van der Waals surface area contributed by atoms with Crippen LogP contribution >= 0.6 is 0 Å². The lowest BCUT2D eigenvalue weighted by Crippen LogP contribution is -2.56. The normalized spacial score (nSPS) is 28.1. The Morgan fingerprint density at radius 3 is 2.83 bits per heavy atom. The van der Waals surface area contributed by atoms with Crippen molar-refractivity contribution in [2.45, 2.75) is 44.1 Å². The highest BCUT2D eigenvalue weighted by atomic mass is 19.1. The van der Waals surface area contributed by atoms with Crippen LogP contribution in [-0.2, 0) is 16.0 Å². The first-order valence-electron chi connectivity index (χ1n) is 8.97. The summed E-state index contributed by atoms with van der Waals surface area (Å²) in [6, 6.07) is 7.27. The van der Waals surface area contributed by atoms with Crippen molar-refractivity contribution in [3.05, 3.63) is 35.6 Å². The van der Waals surface area contributed by atoms with E-state index in [4.69, 9.17) is 9.47 Å². The largest absolute Gasteiger partial charge is 0.381 e. The van der Waals surface area contributed by atoms with Gasteiger partial charge in [0, 0.05) is 39.3 Å². The molecule has 0 spiro atoms. The number of fused-ring (bicyclic) bond motifs is 1. The summed E-state index contributed by atoms with van der Waals surface area (Å²) in [6.45, 7) is 4.72. The number of hydrogen-bond acceptors (Lipinski definition) is 4. The predicted octanol–water partition coefficient (Wildman–Crippen LogP) is 2.53. The van der Waals surface area contributed by atoms with Crippen molar-refractivity contribution in [1.29, 1.82) is 0 Å². The van der Waals surface area contributed by atoms with Crippen molar-refractivity contribution in [3.8, 4) is 0 Å². The molecule has 3 atom stereocenters. The maximum Gasteiger partial charge on any atom is 0.123 e. The maximum absolute atomic E-state index is 13.0. The van der Waals surface area contributed by atoms with Gasteiger partial charge < -0.3 is 14.4 Å². The van der Waals surface area contributed by atoms with Crippen LogP contribution < -0.4 is 0 Å². The lowest BCUT2D eigenvalue weighted by Gasteiger charge is -2.46. The van der Waals surface area contributed by atoms with Gasteiger partial charge in [0.2, 0.25) is 0 Å². The Bertz CT molecular complexity index is 511. The number of methoxy groups -OCH3 is 1. The summed E-state index contributed by atoms with van der Waals surface area (Å²) in [6.07, 6.45) is 4.02. The molecule has 5 heteroatoms. The van der Waals surface area contributed by atoms with Crippen molar-refractivity contribution in [3.63, 3.8) is 0 Å². The molecule has 2 fully saturated rings. The number of morpholine rings is 1. The second-order valence-corrected chi connectivity index (χ2v) is 7.05.